The average molecular weight is 576 g/mol. The summed E-state index contributed by atoms with van der Waals surface area (Å²) in [5, 5.41) is 32.7. The van der Waals surface area contributed by atoms with Crippen LogP contribution in [0.5, 0.6) is 0 Å². The first kappa shape index (κ1) is 39.3. The van der Waals surface area contributed by atoms with Gasteiger partial charge in [0.15, 0.2) is 0 Å². The molecule has 3 unspecified atom stereocenters. The summed E-state index contributed by atoms with van der Waals surface area (Å²) in [7, 11) is 0. The minimum atomic E-state index is -1.11. The molecule has 0 aromatic rings. The molecule has 238 valence electrons. The first-order valence-corrected chi connectivity index (χ1v) is 16.9. The van der Waals surface area contributed by atoms with Gasteiger partial charge in [-0.05, 0) is 64.7 Å². The van der Waals surface area contributed by atoms with Gasteiger partial charge in [-0.1, -0.05) is 133 Å². The second-order valence-electron chi connectivity index (χ2n) is 11.4. The number of carbonyl (C=O) groups is 1. The van der Waals surface area contributed by atoms with Gasteiger partial charge in [-0.3, -0.25) is 4.79 Å². The lowest BCUT2D eigenvalue weighted by molar-refractivity contribution is -0.131. The van der Waals surface area contributed by atoms with Crippen molar-refractivity contribution in [3.05, 3.63) is 48.6 Å². The number of hydrogen-bond donors (Lipinski definition) is 4. The Bertz CT molecular complexity index is 685. The van der Waals surface area contributed by atoms with Crippen LogP contribution in [0.25, 0.3) is 0 Å². The van der Waals surface area contributed by atoms with Gasteiger partial charge in [0.05, 0.1) is 18.8 Å². The molecule has 1 amide bonds. The van der Waals surface area contributed by atoms with Crippen molar-refractivity contribution in [3.8, 4) is 0 Å². The number of nitrogens with one attached hydrogen (secondary N) is 1. The summed E-state index contributed by atoms with van der Waals surface area (Å²) in [4.78, 5) is 12.3. The molecule has 5 heteroatoms. The van der Waals surface area contributed by atoms with Gasteiger partial charge in [0.1, 0.15) is 6.10 Å². The third-order valence-corrected chi connectivity index (χ3v) is 7.46. The molecular formula is C36H65NO4. The number of aliphatic hydroxyl groups excluding tert-OH is 3. The summed E-state index contributed by atoms with van der Waals surface area (Å²) >= 11 is 0. The van der Waals surface area contributed by atoms with Gasteiger partial charge < -0.3 is 20.6 Å². The summed E-state index contributed by atoms with van der Waals surface area (Å²) in [6, 6.07) is -0.820. The molecule has 0 radical (unpaired) electrons. The van der Waals surface area contributed by atoms with Crippen molar-refractivity contribution in [2.75, 3.05) is 6.61 Å². The van der Waals surface area contributed by atoms with Crippen molar-refractivity contribution < 1.29 is 20.1 Å². The Balaban J connectivity index is 3.77. The molecule has 0 bridgehead atoms. The Kier molecular flexibility index (Phi) is 30.0. The van der Waals surface area contributed by atoms with Crippen LogP contribution in [0, 0.1) is 0 Å². The molecule has 0 saturated heterocycles. The smallest absolute Gasteiger partial charge is 0.249 e. The molecule has 0 aliphatic heterocycles. The van der Waals surface area contributed by atoms with Gasteiger partial charge in [-0.2, -0.15) is 0 Å². The highest BCUT2D eigenvalue weighted by atomic mass is 16.3. The number of allylic oxidation sites excluding steroid dienone is 7. The van der Waals surface area contributed by atoms with Crippen LogP contribution >= 0.6 is 0 Å². The molecule has 3 atom stereocenters. The Morgan fingerprint density at radius 2 is 1.10 bits per heavy atom. The summed E-state index contributed by atoms with van der Waals surface area (Å²) in [5.74, 6) is -0.528. The maximum absolute atomic E-state index is 12.3. The standard InChI is InChI=1S/C36H65NO4/c1-3-5-7-9-11-13-14-15-16-17-18-19-20-21-23-25-27-29-31-35(40)36(41)37-33(32-38)34(39)30-28-26-24-22-12-10-8-6-4-2/h4,6,12,17-18,22,28,30,33-35,38-40H,3,5,7-11,13-16,19-21,23-27,29,31-32H2,1-2H3,(H,37,41)/b6-4+,18-17-,22-12+,30-28+. The zero-order valence-corrected chi connectivity index (χ0v) is 26.7. The summed E-state index contributed by atoms with van der Waals surface area (Å²) in [6.45, 7) is 3.90. The number of aliphatic hydroxyl groups is 3. The molecule has 4 N–H and O–H groups in total. The van der Waals surface area contributed by atoms with E-state index in [4.69, 9.17) is 0 Å². The van der Waals surface area contributed by atoms with Gasteiger partial charge in [-0.25, -0.2) is 0 Å². The molecule has 0 aromatic heterocycles. The van der Waals surface area contributed by atoms with E-state index in [9.17, 15) is 20.1 Å². The van der Waals surface area contributed by atoms with Gasteiger partial charge in [0, 0.05) is 0 Å². The fourth-order valence-electron chi connectivity index (χ4n) is 4.74. The maximum Gasteiger partial charge on any atom is 0.249 e. The van der Waals surface area contributed by atoms with E-state index in [-0.39, 0.29) is 6.61 Å². The van der Waals surface area contributed by atoms with Gasteiger partial charge in [0.25, 0.3) is 0 Å². The van der Waals surface area contributed by atoms with E-state index in [1.807, 2.05) is 19.1 Å². The van der Waals surface area contributed by atoms with Crippen LogP contribution in [0.3, 0.4) is 0 Å². The Morgan fingerprint density at radius 3 is 1.63 bits per heavy atom. The van der Waals surface area contributed by atoms with Crippen LogP contribution in [-0.2, 0) is 4.79 Å². The van der Waals surface area contributed by atoms with Crippen LogP contribution in [0.2, 0.25) is 0 Å². The lowest BCUT2D eigenvalue weighted by Crippen LogP contribution is -2.48. The Labute approximate surface area is 253 Å². The van der Waals surface area contributed by atoms with Crippen molar-refractivity contribution >= 4 is 5.91 Å². The lowest BCUT2D eigenvalue weighted by atomic mass is 10.0. The molecular weight excluding hydrogens is 510 g/mol. The molecule has 0 aliphatic carbocycles. The maximum atomic E-state index is 12.3. The van der Waals surface area contributed by atoms with Crippen LogP contribution in [-0.4, -0.2) is 46.1 Å². The number of carbonyl (C=O) groups excluding carboxylic acids is 1. The van der Waals surface area contributed by atoms with E-state index in [0.717, 1.165) is 51.4 Å². The van der Waals surface area contributed by atoms with Gasteiger partial charge >= 0.3 is 0 Å². The highest BCUT2D eigenvalue weighted by Crippen LogP contribution is 2.12. The number of unbranched alkanes of at least 4 members (excludes halogenated alkanes) is 16. The Hall–Kier alpha value is -1.69. The van der Waals surface area contributed by atoms with Crippen LogP contribution in [0.4, 0.5) is 0 Å². The fraction of sp³-hybridized carbons (Fsp3) is 0.750. The minimum Gasteiger partial charge on any atom is -0.394 e. The molecule has 0 fully saturated rings. The normalized spacial score (nSPS) is 14.6. The quantitative estimate of drug-likeness (QED) is 0.0531. The average Bonchev–Trinajstić information content (AvgIpc) is 2.98. The van der Waals surface area contributed by atoms with E-state index in [2.05, 4.69) is 42.6 Å². The van der Waals surface area contributed by atoms with E-state index >= 15 is 0 Å². The predicted molar refractivity (Wildman–Crippen MR) is 176 cm³/mol. The van der Waals surface area contributed by atoms with Crippen molar-refractivity contribution in [1.29, 1.82) is 0 Å². The molecule has 0 aliphatic rings. The summed E-state index contributed by atoms with van der Waals surface area (Å²) in [6.07, 6.45) is 38.6. The van der Waals surface area contributed by atoms with E-state index in [1.165, 1.54) is 77.0 Å². The SMILES string of the molecule is C/C=C/CC/C=C/CC/C=C/C(O)C(CO)NC(=O)C(O)CCCCCCCC/C=C\CCCCCCCCCC. The van der Waals surface area contributed by atoms with Crippen molar-refractivity contribution in [1.82, 2.24) is 5.32 Å². The third kappa shape index (κ3) is 26.9. The van der Waals surface area contributed by atoms with Crippen molar-refractivity contribution in [2.24, 2.45) is 0 Å². The zero-order chi connectivity index (χ0) is 30.2. The lowest BCUT2D eigenvalue weighted by Gasteiger charge is -2.21. The fourth-order valence-corrected chi connectivity index (χ4v) is 4.74. The van der Waals surface area contributed by atoms with E-state index < -0.39 is 24.2 Å². The van der Waals surface area contributed by atoms with Crippen molar-refractivity contribution in [2.45, 2.75) is 167 Å². The topological polar surface area (TPSA) is 89.8 Å². The molecule has 0 aromatic carbocycles. The monoisotopic (exact) mass is 575 g/mol. The highest BCUT2D eigenvalue weighted by molar-refractivity contribution is 5.80. The third-order valence-electron chi connectivity index (χ3n) is 7.46. The molecule has 5 nitrogen and oxygen atoms in total. The molecule has 0 heterocycles. The van der Waals surface area contributed by atoms with Gasteiger partial charge in [-0.15, -0.1) is 0 Å². The number of hydrogen-bond acceptors (Lipinski definition) is 4. The zero-order valence-electron chi connectivity index (χ0n) is 26.7. The molecule has 0 spiro atoms. The van der Waals surface area contributed by atoms with Gasteiger partial charge in [0.2, 0.25) is 5.91 Å². The first-order valence-electron chi connectivity index (χ1n) is 16.9. The minimum absolute atomic E-state index is 0.386. The van der Waals surface area contributed by atoms with Crippen LogP contribution in [0.1, 0.15) is 149 Å². The highest BCUT2D eigenvalue weighted by Gasteiger charge is 2.22. The first-order chi connectivity index (χ1) is 20.1. The summed E-state index contributed by atoms with van der Waals surface area (Å²) < 4.78 is 0. The number of rotatable bonds is 29. The Morgan fingerprint density at radius 1 is 0.634 bits per heavy atom. The molecule has 0 saturated carbocycles. The van der Waals surface area contributed by atoms with Crippen LogP contribution < -0.4 is 5.32 Å². The molecule has 0 rings (SSSR count). The second-order valence-corrected chi connectivity index (χ2v) is 11.4. The number of amides is 1. The van der Waals surface area contributed by atoms with E-state index in [0.29, 0.717) is 6.42 Å². The largest absolute Gasteiger partial charge is 0.394 e. The van der Waals surface area contributed by atoms with Crippen LogP contribution in [0.15, 0.2) is 48.6 Å². The molecule has 41 heavy (non-hydrogen) atoms. The summed E-state index contributed by atoms with van der Waals surface area (Å²) in [5.41, 5.74) is 0. The van der Waals surface area contributed by atoms with E-state index in [1.54, 1.807) is 6.08 Å². The second kappa shape index (κ2) is 31.3. The van der Waals surface area contributed by atoms with Crippen molar-refractivity contribution in [3.63, 3.8) is 0 Å². The predicted octanol–water partition coefficient (Wildman–Crippen LogP) is 8.64.